The standard InChI is InChI=1S/C11H23NO/c1-10(2)6-8(12)7-11(3,4)9(10)13-5/h8-9H,6-7,12H2,1-5H3. The zero-order valence-electron chi connectivity index (χ0n) is 9.55. The van der Waals surface area contributed by atoms with Gasteiger partial charge in [0.25, 0.3) is 0 Å². The molecule has 0 aliphatic heterocycles. The topological polar surface area (TPSA) is 35.2 Å². The minimum atomic E-state index is 0.204. The lowest BCUT2D eigenvalue weighted by Gasteiger charge is -2.50. The van der Waals surface area contributed by atoms with Gasteiger partial charge >= 0.3 is 0 Å². The summed E-state index contributed by atoms with van der Waals surface area (Å²) in [4.78, 5) is 0. The SMILES string of the molecule is COC1C(C)(C)CC(N)CC1(C)C. The van der Waals surface area contributed by atoms with E-state index in [4.69, 9.17) is 10.5 Å². The Bertz CT molecular complexity index is 169. The fraction of sp³-hybridized carbons (Fsp3) is 1.00. The Morgan fingerprint density at radius 1 is 1.08 bits per heavy atom. The van der Waals surface area contributed by atoms with Crippen molar-refractivity contribution in [2.75, 3.05) is 7.11 Å². The van der Waals surface area contributed by atoms with Crippen LogP contribution in [0.3, 0.4) is 0 Å². The van der Waals surface area contributed by atoms with Crippen molar-refractivity contribution in [1.82, 2.24) is 0 Å². The minimum absolute atomic E-state index is 0.204. The number of ether oxygens (including phenoxy) is 1. The summed E-state index contributed by atoms with van der Waals surface area (Å²) in [7, 11) is 1.81. The molecule has 0 amide bonds. The van der Waals surface area contributed by atoms with Crippen molar-refractivity contribution < 1.29 is 4.74 Å². The molecule has 1 fully saturated rings. The lowest BCUT2D eigenvalue weighted by Crippen LogP contribution is -2.52. The predicted molar refractivity (Wildman–Crippen MR) is 55.6 cm³/mol. The van der Waals surface area contributed by atoms with Crippen LogP contribution in [0, 0.1) is 10.8 Å². The van der Waals surface area contributed by atoms with Gasteiger partial charge in [0.15, 0.2) is 0 Å². The van der Waals surface area contributed by atoms with E-state index in [1.807, 2.05) is 7.11 Å². The fourth-order valence-corrected chi connectivity index (χ4v) is 3.33. The summed E-state index contributed by atoms with van der Waals surface area (Å²) < 4.78 is 5.61. The van der Waals surface area contributed by atoms with E-state index < -0.39 is 0 Å². The second-order valence-corrected chi connectivity index (χ2v) is 5.76. The number of nitrogens with two attached hydrogens (primary N) is 1. The van der Waals surface area contributed by atoms with E-state index in [0.29, 0.717) is 12.1 Å². The Kier molecular flexibility index (Phi) is 2.75. The van der Waals surface area contributed by atoms with Crippen molar-refractivity contribution >= 4 is 0 Å². The Balaban J connectivity index is 2.88. The van der Waals surface area contributed by atoms with Crippen LogP contribution in [0.4, 0.5) is 0 Å². The molecule has 2 N–H and O–H groups in total. The Morgan fingerprint density at radius 2 is 1.46 bits per heavy atom. The highest BCUT2D eigenvalue weighted by atomic mass is 16.5. The van der Waals surface area contributed by atoms with Gasteiger partial charge in [0.05, 0.1) is 6.10 Å². The molecule has 0 aromatic carbocycles. The monoisotopic (exact) mass is 185 g/mol. The van der Waals surface area contributed by atoms with Crippen molar-refractivity contribution in [3.8, 4) is 0 Å². The van der Waals surface area contributed by atoms with E-state index in [1.165, 1.54) is 0 Å². The highest BCUT2D eigenvalue weighted by Gasteiger charge is 2.46. The molecule has 13 heavy (non-hydrogen) atoms. The summed E-state index contributed by atoms with van der Waals surface area (Å²) >= 11 is 0. The summed E-state index contributed by atoms with van der Waals surface area (Å²) in [6.45, 7) is 9.01. The second-order valence-electron chi connectivity index (χ2n) is 5.76. The number of methoxy groups -OCH3 is 1. The summed E-state index contributed by atoms with van der Waals surface area (Å²) in [6.07, 6.45) is 2.45. The molecule has 2 heteroatoms. The molecule has 1 aliphatic rings. The van der Waals surface area contributed by atoms with Gasteiger partial charge in [0.1, 0.15) is 0 Å². The molecule has 0 heterocycles. The quantitative estimate of drug-likeness (QED) is 0.679. The third kappa shape index (κ3) is 2.05. The zero-order valence-corrected chi connectivity index (χ0v) is 9.55. The first-order valence-electron chi connectivity index (χ1n) is 5.08. The number of rotatable bonds is 1. The molecule has 0 aromatic rings. The maximum absolute atomic E-state index is 6.05. The molecule has 78 valence electrons. The first kappa shape index (κ1) is 11.0. The predicted octanol–water partition coefficient (Wildman–Crippen LogP) is 2.17. The van der Waals surface area contributed by atoms with Crippen LogP contribution >= 0.6 is 0 Å². The minimum Gasteiger partial charge on any atom is -0.380 e. The van der Waals surface area contributed by atoms with E-state index in [2.05, 4.69) is 27.7 Å². The molecule has 0 bridgehead atoms. The molecule has 2 nitrogen and oxygen atoms in total. The van der Waals surface area contributed by atoms with E-state index in [9.17, 15) is 0 Å². The molecule has 0 aromatic heterocycles. The molecular formula is C11H23NO. The number of hydrogen-bond donors (Lipinski definition) is 1. The maximum atomic E-state index is 6.05. The van der Waals surface area contributed by atoms with Crippen LogP contribution in [0.1, 0.15) is 40.5 Å². The third-order valence-electron chi connectivity index (χ3n) is 3.23. The van der Waals surface area contributed by atoms with Crippen molar-refractivity contribution in [2.45, 2.75) is 52.7 Å². The first-order valence-corrected chi connectivity index (χ1v) is 5.08. The van der Waals surface area contributed by atoms with Crippen molar-refractivity contribution in [3.63, 3.8) is 0 Å². The average molecular weight is 185 g/mol. The van der Waals surface area contributed by atoms with Gasteiger partial charge in [0, 0.05) is 13.2 Å². The summed E-state index contributed by atoms with van der Waals surface area (Å²) in [6, 6.07) is 0.330. The van der Waals surface area contributed by atoms with Gasteiger partial charge in [-0.25, -0.2) is 0 Å². The lowest BCUT2D eigenvalue weighted by molar-refractivity contribution is -0.105. The lowest BCUT2D eigenvalue weighted by atomic mass is 9.61. The molecule has 0 spiro atoms. The van der Waals surface area contributed by atoms with Crippen LogP contribution in [-0.2, 0) is 4.74 Å². The van der Waals surface area contributed by atoms with Gasteiger partial charge in [-0.05, 0) is 23.7 Å². The van der Waals surface area contributed by atoms with Gasteiger partial charge in [-0.15, -0.1) is 0 Å². The third-order valence-corrected chi connectivity index (χ3v) is 3.23. The van der Waals surface area contributed by atoms with Crippen molar-refractivity contribution in [1.29, 1.82) is 0 Å². The Hall–Kier alpha value is -0.0800. The summed E-state index contributed by atoms with van der Waals surface area (Å²) in [5.74, 6) is 0. The van der Waals surface area contributed by atoms with Crippen LogP contribution in [0.25, 0.3) is 0 Å². The number of hydrogen-bond acceptors (Lipinski definition) is 2. The van der Waals surface area contributed by atoms with Crippen LogP contribution < -0.4 is 5.73 Å². The smallest absolute Gasteiger partial charge is 0.0674 e. The van der Waals surface area contributed by atoms with Gasteiger partial charge in [-0.3, -0.25) is 0 Å². The molecule has 1 saturated carbocycles. The molecule has 1 rings (SSSR count). The van der Waals surface area contributed by atoms with Gasteiger partial charge in [-0.2, -0.15) is 0 Å². The fourth-order valence-electron chi connectivity index (χ4n) is 3.33. The maximum Gasteiger partial charge on any atom is 0.0674 e. The highest BCUT2D eigenvalue weighted by molar-refractivity contribution is 4.98. The molecule has 0 atom stereocenters. The van der Waals surface area contributed by atoms with E-state index >= 15 is 0 Å². The zero-order chi connectivity index (χ0) is 10.3. The van der Waals surface area contributed by atoms with Crippen molar-refractivity contribution in [3.05, 3.63) is 0 Å². The van der Waals surface area contributed by atoms with Crippen molar-refractivity contribution in [2.24, 2.45) is 16.6 Å². The summed E-state index contributed by atoms with van der Waals surface area (Å²) in [5, 5.41) is 0. The van der Waals surface area contributed by atoms with Crippen LogP contribution in [0.15, 0.2) is 0 Å². The van der Waals surface area contributed by atoms with Gasteiger partial charge in [0.2, 0.25) is 0 Å². The molecule has 0 unspecified atom stereocenters. The Morgan fingerprint density at radius 3 is 1.77 bits per heavy atom. The molecule has 0 saturated heterocycles. The second kappa shape index (κ2) is 3.25. The van der Waals surface area contributed by atoms with Crippen LogP contribution in [-0.4, -0.2) is 19.3 Å². The first-order chi connectivity index (χ1) is 5.79. The van der Waals surface area contributed by atoms with E-state index in [0.717, 1.165) is 12.8 Å². The summed E-state index contributed by atoms with van der Waals surface area (Å²) in [5.41, 5.74) is 6.46. The highest BCUT2D eigenvalue weighted by Crippen LogP contribution is 2.46. The van der Waals surface area contributed by atoms with Gasteiger partial charge < -0.3 is 10.5 Å². The normalized spacial score (nSPS) is 37.4. The van der Waals surface area contributed by atoms with Gasteiger partial charge in [-0.1, -0.05) is 27.7 Å². The average Bonchev–Trinajstić information content (AvgIpc) is 1.79. The van der Waals surface area contributed by atoms with E-state index in [1.54, 1.807) is 0 Å². The van der Waals surface area contributed by atoms with E-state index in [-0.39, 0.29) is 10.8 Å². The molecular weight excluding hydrogens is 162 g/mol. The molecule has 1 aliphatic carbocycles. The van der Waals surface area contributed by atoms with Crippen LogP contribution in [0.5, 0.6) is 0 Å². The Labute approximate surface area is 81.8 Å². The largest absolute Gasteiger partial charge is 0.380 e. The van der Waals surface area contributed by atoms with Crippen LogP contribution in [0.2, 0.25) is 0 Å². The molecule has 0 radical (unpaired) electrons.